The van der Waals surface area contributed by atoms with Crippen molar-refractivity contribution in [3.63, 3.8) is 0 Å². The Balaban J connectivity index is 2.07. The summed E-state index contributed by atoms with van der Waals surface area (Å²) in [7, 11) is 0. The Hall–Kier alpha value is -2.49. The second-order valence-electron chi connectivity index (χ2n) is 7.34. The number of aromatic carboxylic acids is 1. The molecule has 0 unspecified atom stereocenters. The zero-order valence-corrected chi connectivity index (χ0v) is 14.8. The van der Waals surface area contributed by atoms with Crippen LogP contribution >= 0.6 is 0 Å². The van der Waals surface area contributed by atoms with Gasteiger partial charge in [0.05, 0.1) is 11.3 Å². The van der Waals surface area contributed by atoms with E-state index in [4.69, 9.17) is 0 Å². The molecule has 0 bridgehead atoms. The number of carboxylic acid groups (broad SMARTS) is 1. The van der Waals surface area contributed by atoms with Crippen LogP contribution in [0.4, 0.5) is 8.78 Å². The van der Waals surface area contributed by atoms with Gasteiger partial charge in [0.15, 0.2) is 0 Å². The lowest BCUT2D eigenvalue weighted by atomic mass is 9.83. The number of carboxylic acids is 1. The van der Waals surface area contributed by atoms with Crippen molar-refractivity contribution >= 4 is 11.6 Å². The minimum absolute atomic E-state index is 0.0122. The van der Waals surface area contributed by atoms with E-state index >= 15 is 0 Å². The highest BCUT2D eigenvalue weighted by molar-refractivity contribution is 5.89. The van der Waals surface area contributed by atoms with Crippen LogP contribution in [-0.2, 0) is 6.42 Å². The molecule has 1 aliphatic rings. The quantitative estimate of drug-likeness (QED) is 0.876. The molecule has 3 rings (SSSR count). The molecule has 1 aliphatic carbocycles. The summed E-state index contributed by atoms with van der Waals surface area (Å²) in [6.07, 6.45) is 1.21. The molecule has 7 heteroatoms. The van der Waals surface area contributed by atoms with Crippen LogP contribution in [0, 0.1) is 17.2 Å². The molecule has 2 heterocycles. The summed E-state index contributed by atoms with van der Waals surface area (Å²) in [6, 6.07) is 4.83. The lowest BCUT2D eigenvalue weighted by molar-refractivity contribution is -0.0457. The molecule has 0 aliphatic heterocycles. The van der Waals surface area contributed by atoms with Crippen molar-refractivity contribution in [3.8, 4) is 6.07 Å². The maximum absolute atomic E-state index is 13.4. The first-order valence-corrected chi connectivity index (χ1v) is 8.78. The molecule has 1 fully saturated rings. The maximum atomic E-state index is 13.4. The van der Waals surface area contributed by atoms with Crippen molar-refractivity contribution in [1.29, 1.82) is 5.26 Å². The number of nitrogens with zero attached hydrogens (tertiary/aromatic N) is 3. The third kappa shape index (κ3) is 3.41. The molecule has 138 valence electrons. The molecule has 0 atom stereocenters. The van der Waals surface area contributed by atoms with Crippen molar-refractivity contribution < 1.29 is 18.7 Å². The minimum atomic E-state index is -2.58. The zero-order chi connectivity index (χ0) is 19.1. The van der Waals surface area contributed by atoms with Gasteiger partial charge in [0.2, 0.25) is 5.92 Å². The highest BCUT2D eigenvalue weighted by Gasteiger charge is 2.35. The number of pyridine rings is 1. The Bertz CT molecular complexity index is 886. The first-order valence-electron chi connectivity index (χ1n) is 8.78. The Morgan fingerprint density at radius 2 is 2.08 bits per heavy atom. The number of imidazole rings is 1. The average Bonchev–Trinajstić information content (AvgIpc) is 2.94. The summed E-state index contributed by atoms with van der Waals surface area (Å²) in [5, 5.41) is 18.7. The van der Waals surface area contributed by atoms with E-state index in [1.807, 2.05) is 19.9 Å². The van der Waals surface area contributed by atoms with E-state index < -0.39 is 11.9 Å². The number of rotatable bonds is 4. The van der Waals surface area contributed by atoms with Gasteiger partial charge in [-0.2, -0.15) is 5.26 Å². The van der Waals surface area contributed by atoms with Gasteiger partial charge in [0, 0.05) is 18.5 Å². The molecular formula is C19H21F2N3O2. The molecule has 26 heavy (non-hydrogen) atoms. The number of fused-ring (bicyclic) bond motifs is 1. The summed E-state index contributed by atoms with van der Waals surface area (Å²) in [4.78, 5) is 15.9. The number of alkyl halides is 2. The third-order valence-electron chi connectivity index (χ3n) is 5.07. The van der Waals surface area contributed by atoms with Crippen molar-refractivity contribution in [2.45, 2.75) is 57.8 Å². The monoisotopic (exact) mass is 361 g/mol. The van der Waals surface area contributed by atoms with Crippen molar-refractivity contribution in [1.82, 2.24) is 9.38 Å². The van der Waals surface area contributed by atoms with Crippen LogP contribution in [0.3, 0.4) is 0 Å². The van der Waals surface area contributed by atoms with Gasteiger partial charge in [-0.15, -0.1) is 0 Å². The van der Waals surface area contributed by atoms with Gasteiger partial charge >= 0.3 is 5.97 Å². The van der Waals surface area contributed by atoms with Crippen LogP contribution in [0.25, 0.3) is 5.65 Å². The summed E-state index contributed by atoms with van der Waals surface area (Å²) in [5.74, 6) is -3.51. The van der Waals surface area contributed by atoms with Crippen LogP contribution in [0.1, 0.15) is 72.9 Å². The van der Waals surface area contributed by atoms with Gasteiger partial charge in [-0.3, -0.25) is 4.40 Å². The fraction of sp³-hybridized carbons (Fsp3) is 0.526. The molecule has 0 amide bonds. The molecule has 0 spiro atoms. The second kappa shape index (κ2) is 6.67. The molecule has 0 radical (unpaired) electrons. The molecule has 2 aromatic rings. The Morgan fingerprint density at radius 3 is 2.62 bits per heavy atom. The SMILES string of the molecule is CC(C)c1nc2cc(C(=O)O)cc(C#N)n2c1CC1CCC(F)(F)CC1. The molecular weight excluding hydrogens is 340 g/mol. The zero-order valence-electron chi connectivity index (χ0n) is 14.8. The first kappa shape index (κ1) is 18.3. The van der Waals surface area contributed by atoms with Gasteiger partial charge in [0.25, 0.3) is 0 Å². The van der Waals surface area contributed by atoms with E-state index in [0.29, 0.717) is 24.9 Å². The fourth-order valence-electron chi connectivity index (χ4n) is 3.69. The maximum Gasteiger partial charge on any atom is 0.335 e. The number of hydrogen-bond acceptors (Lipinski definition) is 3. The fourth-order valence-corrected chi connectivity index (χ4v) is 3.69. The van der Waals surface area contributed by atoms with Crippen molar-refractivity contribution in [2.75, 3.05) is 0 Å². The van der Waals surface area contributed by atoms with Crippen LogP contribution < -0.4 is 0 Å². The molecule has 2 aromatic heterocycles. The van der Waals surface area contributed by atoms with Crippen LogP contribution in [0.15, 0.2) is 12.1 Å². The number of aromatic nitrogens is 2. The highest BCUT2D eigenvalue weighted by atomic mass is 19.3. The number of carbonyl (C=O) groups is 1. The Kier molecular flexibility index (Phi) is 4.70. The third-order valence-corrected chi connectivity index (χ3v) is 5.07. The van der Waals surface area contributed by atoms with Crippen molar-refractivity contribution in [2.24, 2.45) is 5.92 Å². The van der Waals surface area contributed by atoms with Gasteiger partial charge in [0.1, 0.15) is 17.4 Å². The van der Waals surface area contributed by atoms with Gasteiger partial charge < -0.3 is 5.11 Å². The topological polar surface area (TPSA) is 78.4 Å². The van der Waals surface area contributed by atoms with Crippen LogP contribution in [0.5, 0.6) is 0 Å². The van der Waals surface area contributed by atoms with E-state index in [-0.39, 0.29) is 35.9 Å². The van der Waals surface area contributed by atoms with Crippen LogP contribution in [-0.4, -0.2) is 26.4 Å². The largest absolute Gasteiger partial charge is 0.478 e. The second-order valence-corrected chi connectivity index (χ2v) is 7.34. The molecule has 1 saturated carbocycles. The summed E-state index contributed by atoms with van der Waals surface area (Å²) < 4.78 is 28.6. The molecule has 0 aromatic carbocycles. The van der Waals surface area contributed by atoms with E-state index in [0.717, 1.165) is 11.4 Å². The highest BCUT2D eigenvalue weighted by Crippen LogP contribution is 2.38. The summed E-state index contributed by atoms with van der Waals surface area (Å²) in [6.45, 7) is 3.95. The predicted molar refractivity (Wildman–Crippen MR) is 91.6 cm³/mol. The van der Waals surface area contributed by atoms with E-state index in [9.17, 15) is 23.9 Å². The lowest BCUT2D eigenvalue weighted by Crippen LogP contribution is -2.26. The summed E-state index contributed by atoms with van der Waals surface area (Å²) >= 11 is 0. The number of halogens is 2. The smallest absolute Gasteiger partial charge is 0.335 e. The van der Waals surface area contributed by atoms with Gasteiger partial charge in [-0.1, -0.05) is 13.8 Å². The molecule has 0 saturated heterocycles. The number of hydrogen-bond donors (Lipinski definition) is 1. The van der Waals surface area contributed by atoms with Crippen LogP contribution in [0.2, 0.25) is 0 Å². The van der Waals surface area contributed by atoms with Crippen molar-refractivity contribution in [3.05, 3.63) is 34.8 Å². The normalized spacial score (nSPS) is 17.5. The van der Waals surface area contributed by atoms with E-state index in [2.05, 4.69) is 4.98 Å². The number of nitriles is 1. The average molecular weight is 361 g/mol. The lowest BCUT2D eigenvalue weighted by Gasteiger charge is -2.28. The van der Waals surface area contributed by atoms with Gasteiger partial charge in [-0.25, -0.2) is 18.6 Å². The standard InChI is InChI=1S/C19H21F2N3O2/c1-11(2)17-15(7-12-3-5-19(20,21)6-4-12)24-14(10-22)8-13(18(25)26)9-16(24)23-17/h8-9,11-12H,3-7H2,1-2H3,(H,25,26). The first-order chi connectivity index (χ1) is 12.2. The minimum Gasteiger partial charge on any atom is -0.478 e. The predicted octanol–water partition coefficient (Wildman–Crippen LogP) is 4.40. The molecule has 5 nitrogen and oxygen atoms in total. The summed E-state index contributed by atoms with van der Waals surface area (Å²) in [5.41, 5.74) is 2.26. The molecule has 1 N–H and O–H groups in total. The Morgan fingerprint density at radius 1 is 1.42 bits per heavy atom. The Labute approximate surface area is 150 Å². The van der Waals surface area contributed by atoms with E-state index in [1.165, 1.54) is 12.1 Å². The van der Waals surface area contributed by atoms with Gasteiger partial charge in [-0.05, 0) is 43.2 Å². The van der Waals surface area contributed by atoms with E-state index in [1.54, 1.807) is 4.40 Å².